The van der Waals surface area contributed by atoms with Gasteiger partial charge in [-0.15, -0.1) is 0 Å². The molecule has 0 aromatic rings. The van der Waals surface area contributed by atoms with Gasteiger partial charge in [-0.1, -0.05) is 13.8 Å². The maximum absolute atomic E-state index is 11.7. The van der Waals surface area contributed by atoms with Gasteiger partial charge in [0.15, 0.2) is 0 Å². The fourth-order valence-electron chi connectivity index (χ4n) is 1.11. The van der Waals surface area contributed by atoms with Gasteiger partial charge in [0, 0.05) is 6.42 Å². The largest absolute Gasteiger partial charge is 0.464 e. The summed E-state index contributed by atoms with van der Waals surface area (Å²) in [6.45, 7) is 9.14. The van der Waals surface area contributed by atoms with Gasteiger partial charge in [-0.25, -0.2) is 9.59 Å². The molecule has 0 bridgehead atoms. The Morgan fingerprint density at radius 2 is 1.84 bits per heavy atom. The number of hydrogen-bond acceptors (Lipinski definition) is 5. The van der Waals surface area contributed by atoms with Crippen molar-refractivity contribution in [3.05, 3.63) is 0 Å². The van der Waals surface area contributed by atoms with Crippen LogP contribution in [0.15, 0.2) is 0 Å². The minimum atomic E-state index is -1.01. The van der Waals surface area contributed by atoms with E-state index in [0.717, 1.165) is 0 Å². The van der Waals surface area contributed by atoms with Gasteiger partial charge in [-0.05, 0) is 26.7 Å². The second kappa shape index (κ2) is 7.76. The van der Waals surface area contributed by atoms with Crippen LogP contribution in [-0.2, 0) is 19.1 Å². The monoisotopic (exact) mass is 273 g/mol. The van der Waals surface area contributed by atoms with Crippen molar-refractivity contribution in [1.82, 2.24) is 5.32 Å². The Kier molecular flexibility index (Phi) is 7.11. The van der Waals surface area contributed by atoms with Gasteiger partial charge in [0.1, 0.15) is 17.9 Å². The fraction of sp³-hybridized carbons (Fsp3) is 0.769. The van der Waals surface area contributed by atoms with Crippen LogP contribution in [0.1, 0.15) is 41.0 Å². The number of carbonyl (C=O) groups excluding carboxylic acids is 3. The molecule has 0 aromatic heterocycles. The predicted molar refractivity (Wildman–Crippen MR) is 69.6 cm³/mol. The zero-order valence-corrected chi connectivity index (χ0v) is 12.2. The first-order chi connectivity index (χ1) is 8.65. The third-order valence-electron chi connectivity index (χ3n) is 1.87. The summed E-state index contributed by atoms with van der Waals surface area (Å²) in [6.07, 6.45) is -0.338. The first-order valence-electron chi connectivity index (χ1n) is 6.25. The van der Waals surface area contributed by atoms with E-state index in [2.05, 4.69) is 5.32 Å². The van der Waals surface area contributed by atoms with Crippen molar-refractivity contribution in [2.24, 2.45) is 5.92 Å². The summed E-state index contributed by atoms with van der Waals surface area (Å²) in [7, 11) is 0. The number of carbonyl (C=O) groups is 3. The molecule has 0 aliphatic carbocycles. The minimum Gasteiger partial charge on any atom is -0.464 e. The van der Waals surface area contributed by atoms with Gasteiger partial charge in [0.25, 0.3) is 0 Å². The molecule has 1 unspecified atom stereocenters. The van der Waals surface area contributed by atoms with Crippen LogP contribution < -0.4 is 5.32 Å². The third-order valence-corrected chi connectivity index (χ3v) is 1.87. The van der Waals surface area contributed by atoms with E-state index in [1.165, 1.54) is 0 Å². The van der Waals surface area contributed by atoms with E-state index >= 15 is 0 Å². The van der Waals surface area contributed by atoms with E-state index in [9.17, 15) is 14.4 Å². The Morgan fingerprint density at radius 1 is 1.26 bits per heavy atom. The third kappa shape index (κ3) is 9.04. The average Bonchev–Trinajstić information content (AvgIpc) is 2.22. The smallest absolute Gasteiger partial charge is 0.408 e. The summed E-state index contributed by atoms with van der Waals surface area (Å²) in [5.41, 5.74) is -0.669. The quantitative estimate of drug-likeness (QED) is 0.588. The SMILES string of the molecule is CC(C)COC(=O)C(CC=O)NC(=O)OC(C)(C)C. The number of ether oxygens (including phenoxy) is 2. The molecule has 0 aliphatic rings. The molecule has 0 heterocycles. The first kappa shape index (κ1) is 17.4. The highest BCUT2D eigenvalue weighted by Crippen LogP contribution is 2.07. The lowest BCUT2D eigenvalue weighted by Gasteiger charge is -2.22. The second-order valence-corrected chi connectivity index (χ2v) is 5.63. The molecule has 1 atom stereocenters. The highest BCUT2D eigenvalue weighted by atomic mass is 16.6. The first-order valence-corrected chi connectivity index (χ1v) is 6.25. The number of amides is 1. The Hall–Kier alpha value is -1.59. The molecule has 6 heteroatoms. The fourth-order valence-corrected chi connectivity index (χ4v) is 1.11. The van der Waals surface area contributed by atoms with Gasteiger partial charge in [-0.2, -0.15) is 0 Å². The maximum atomic E-state index is 11.7. The molecular formula is C13H23NO5. The molecule has 0 saturated carbocycles. The number of hydrogen-bond donors (Lipinski definition) is 1. The van der Waals surface area contributed by atoms with E-state index in [4.69, 9.17) is 9.47 Å². The normalized spacial score (nSPS) is 12.7. The topological polar surface area (TPSA) is 81.7 Å². The Labute approximate surface area is 113 Å². The molecule has 1 amide bonds. The van der Waals surface area contributed by atoms with Crippen molar-refractivity contribution in [2.75, 3.05) is 6.61 Å². The zero-order chi connectivity index (χ0) is 15.1. The van der Waals surface area contributed by atoms with Crippen LogP contribution in [0.25, 0.3) is 0 Å². The maximum Gasteiger partial charge on any atom is 0.408 e. The number of aldehydes is 1. The van der Waals surface area contributed by atoms with Crippen molar-refractivity contribution in [3.8, 4) is 0 Å². The molecule has 0 aliphatic heterocycles. The summed E-state index contributed by atoms with van der Waals surface area (Å²) in [5.74, 6) is -0.450. The molecule has 0 rings (SSSR count). The van der Waals surface area contributed by atoms with Crippen LogP contribution in [0.5, 0.6) is 0 Å². The summed E-state index contributed by atoms with van der Waals surface area (Å²) >= 11 is 0. The molecule has 0 aromatic carbocycles. The Morgan fingerprint density at radius 3 is 2.26 bits per heavy atom. The van der Waals surface area contributed by atoms with Gasteiger partial charge < -0.3 is 19.6 Å². The van der Waals surface area contributed by atoms with Crippen molar-refractivity contribution in [2.45, 2.75) is 52.7 Å². The highest BCUT2D eigenvalue weighted by molar-refractivity contribution is 5.83. The van der Waals surface area contributed by atoms with Crippen molar-refractivity contribution < 1.29 is 23.9 Å². The second-order valence-electron chi connectivity index (χ2n) is 5.63. The van der Waals surface area contributed by atoms with E-state index in [-0.39, 0.29) is 18.9 Å². The minimum absolute atomic E-state index is 0.143. The number of alkyl carbamates (subject to hydrolysis) is 1. The van der Waals surface area contributed by atoms with E-state index in [1.807, 2.05) is 13.8 Å². The number of esters is 1. The molecule has 110 valence electrons. The van der Waals surface area contributed by atoms with Crippen LogP contribution in [0, 0.1) is 5.92 Å². The summed E-state index contributed by atoms with van der Waals surface area (Å²) in [5, 5.41) is 2.33. The average molecular weight is 273 g/mol. The van der Waals surface area contributed by atoms with Gasteiger partial charge in [-0.3, -0.25) is 0 Å². The lowest BCUT2D eigenvalue weighted by molar-refractivity contribution is -0.148. The molecule has 6 nitrogen and oxygen atoms in total. The predicted octanol–water partition coefficient (Wildman–Crippen LogP) is 1.67. The molecular weight excluding hydrogens is 250 g/mol. The van der Waals surface area contributed by atoms with E-state index in [0.29, 0.717) is 6.29 Å². The molecule has 1 N–H and O–H groups in total. The molecule has 19 heavy (non-hydrogen) atoms. The van der Waals surface area contributed by atoms with Crippen LogP contribution >= 0.6 is 0 Å². The van der Waals surface area contributed by atoms with Gasteiger partial charge >= 0.3 is 12.1 Å². The van der Waals surface area contributed by atoms with Gasteiger partial charge in [0.05, 0.1) is 6.61 Å². The van der Waals surface area contributed by atoms with Crippen LogP contribution in [0.4, 0.5) is 4.79 Å². The van der Waals surface area contributed by atoms with E-state index in [1.54, 1.807) is 20.8 Å². The number of rotatable bonds is 6. The summed E-state index contributed by atoms with van der Waals surface area (Å²) < 4.78 is 10.00. The molecule has 0 spiro atoms. The van der Waals surface area contributed by atoms with E-state index < -0.39 is 23.7 Å². The molecule has 0 radical (unpaired) electrons. The van der Waals surface area contributed by atoms with Gasteiger partial charge in [0.2, 0.25) is 0 Å². The van der Waals surface area contributed by atoms with Crippen LogP contribution in [-0.4, -0.2) is 36.6 Å². The standard InChI is InChI=1S/C13H23NO5/c1-9(2)8-18-11(16)10(6-7-15)14-12(17)19-13(3,4)5/h7,9-10H,6,8H2,1-5H3,(H,14,17). The van der Waals surface area contributed by atoms with Crippen LogP contribution in [0.2, 0.25) is 0 Å². The van der Waals surface area contributed by atoms with Crippen molar-refractivity contribution in [1.29, 1.82) is 0 Å². The molecule has 0 fully saturated rings. The zero-order valence-electron chi connectivity index (χ0n) is 12.2. The Bertz CT molecular complexity index is 319. The lowest BCUT2D eigenvalue weighted by atomic mass is 10.2. The summed E-state index contributed by atoms with van der Waals surface area (Å²) in [4.78, 5) is 33.7. The number of nitrogens with one attached hydrogen (secondary N) is 1. The molecule has 0 saturated heterocycles. The van der Waals surface area contributed by atoms with Crippen LogP contribution in [0.3, 0.4) is 0 Å². The van der Waals surface area contributed by atoms with Crippen molar-refractivity contribution in [3.63, 3.8) is 0 Å². The lowest BCUT2D eigenvalue weighted by Crippen LogP contribution is -2.44. The Balaban J connectivity index is 4.43. The highest BCUT2D eigenvalue weighted by Gasteiger charge is 2.25. The van der Waals surface area contributed by atoms with Crippen molar-refractivity contribution >= 4 is 18.3 Å². The summed E-state index contributed by atoms with van der Waals surface area (Å²) in [6, 6.07) is -1.01.